The van der Waals surface area contributed by atoms with Crippen LogP contribution in [0.2, 0.25) is 0 Å². The van der Waals surface area contributed by atoms with Gasteiger partial charge in [-0.25, -0.2) is 0 Å². The van der Waals surface area contributed by atoms with E-state index < -0.39 is 4.92 Å². The van der Waals surface area contributed by atoms with Gasteiger partial charge in [0.2, 0.25) is 0 Å². The maximum atomic E-state index is 10.9. The van der Waals surface area contributed by atoms with Crippen molar-refractivity contribution in [3.63, 3.8) is 0 Å². The summed E-state index contributed by atoms with van der Waals surface area (Å²) in [7, 11) is 0. The highest BCUT2D eigenvalue weighted by Gasteiger charge is 2.23. The number of benzene rings is 1. The summed E-state index contributed by atoms with van der Waals surface area (Å²) in [6.07, 6.45) is 0. The Labute approximate surface area is 97.5 Å². The van der Waals surface area contributed by atoms with E-state index in [0.29, 0.717) is 32.0 Å². The number of nitro benzene ring substituents is 1. The van der Waals surface area contributed by atoms with Gasteiger partial charge in [0.25, 0.3) is 5.69 Å². The van der Waals surface area contributed by atoms with Crippen LogP contribution in [0.1, 0.15) is 0 Å². The second-order valence-electron chi connectivity index (χ2n) is 3.76. The minimum atomic E-state index is -0.524. The molecule has 0 atom stereocenters. The number of ether oxygens (including phenoxy) is 1. The van der Waals surface area contributed by atoms with E-state index in [0.717, 1.165) is 6.07 Å². The van der Waals surface area contributed by atoms with E-state index in [2.05, 4.69) is 0 Å². The van der Waals surface area contributed by atoms with Crippen molar-refractivity contribution in [2.75, 3.05) is 36.9 Å². The molecule has 2 rings (SSSR count). The molecular weight excluding hydrogens is 226 g/mol. The van der Waals surface area contributed by atoms with E-state index in [9.17, 15) is 15.2 Å². The van der Waals surface area contributed by atoms with Gasteiger partial charge >= 0.3 is 0 Å². The van der Waals surface area contributed by atoms with Crippen molar-refractivity contribution in [1.29, 1.82) is 0 Å². The third kappa shape index (κ3) is 2.23. The fraction of sp³-hybridized carbons (Fsp3) is 0.400. The number of nitrogen functional groups attached to an aromatic ring is 1. The van der Waals surface area contributed by atoms with Crippen molar-refractivity contribution >= 4 is 17.1 Å². The van der Waals surface area contributed by atoms with Gasteiger partial charge in [0, 0.05) is 13.1 Å². The lowest BCUT2D eigenvalue weighted by Crippen LogP contribution is -2.36. The average Bonchev–Trinajstić information content (AvgIpc) is 2.33. The molecule has 0 bridgehead atoms. The van der Waals surface area contributed by atoms with Crippen molar-refractivity contribution in [3.8, 4) is 5.75 Å². The molecule has 17 heavy (non-hydrogen) atoms. The monoisotopic (exact) mass is 239 g/mol. The number of hydrogen-bond acceptors (Lipinski definition) is 6. The minimum Gasteiger partial charge on any atom is -0.506 e. The number of phenolic OH excluding ortho intramolecular Hbond substituents is 1. The van der Waals surface area contributed by atoms with Gasteiger partial charge in [-0.05, 0) is 6.07 Å². The second-order valence-corrected chi connectivity index (χ2v) is 3.76. The molecule has 1 aliphatic heterocycles. The Bertz CT molecular complexity index is 443. The van der Waals surface area contributed by atoms with Crippen molar-refractivity contribution in [2.24, 2.45) is 0 Å². The van der Waals surface area contributed by atoms with Gasteiger partial charge in [0.15, 0.2) is 0 Å². The minimum absolute atomic E-state index is 0.136. The second kappa shape index (κ2) is 4.46. The topological polar surface area (TPSA) is 102 Å². The van der Waals surface area contributed by atoms with Crippen LogP contribution in [0.25, 0.3) is 0 Å². The van der Waals surface area contributed by atoms with Crippen LogP contribution >= 0.6 is 0 Å². The highest BCUT2D eigenvalue weighted by atomic mass is 16.6. The predicted molar refractivity (Wildman–Crippen MR) is 62.2 cm³/mol. The summed E-state index contributed by atoms with van der Waals surface area (Å²) >= 11 is 0. The van der Waals surface area contributed by atoms with Gasteiger partial charge in [0.05, 0.1) is 29.9 Å². The standard InChI is InChI=1S/C10H13N3O4/c11-7-5-8(12-1-3-17-4-2-12)9(13(15)16)6-10(7)14/h5-6,14H,1-4,11H2. The van der Waals surface area contributed by atoms with E-state index in [1.165, 1.54) is 6.07 Å². The molecule has 1 saturated heterocycles. The number of nitrogens with two attached hydrogens (primary N) is 1. The smallest absolute Gasteiger partial charge is 0.296 e. The van der Waals surface area contributed by atoms with Crippen molar-refractivity contribution in [1.82, 2.24) is 0 Å². The van der Waals surface area contributed by atoms with Gasteiger partial charge in [-0.3, -0.25) is 10.1 Å². The maximum absolute atomic E-state index is 10.9. The highest BCUT2D eigenvalue weighted by molar-refractivity contribution is 5.73. The zero-order valence-electron chi connectivity index (χ0n) is 9.13. The van der Waals surface area contributed by atoms with Crippen LogP contribution in [0.4, 0.5) is 17.1 Å². The van der Waals surface area contributed by atoms with E-state index in [4.69, 9.17) is 10.5 Å². The molecule has 0 radical (unpaired) electrons. The van der Waals surface area contributed by atoms with Crippen LogP contribution in [0, 0.1) is 10.1 Å². The van der Waals surface area contributed by atoms with Gasteiger partial charge in [-0.15, -0.1) is 0 Å². The Morgan fingerprint density at radius 2 is 2.06 bits per heavy atom. The van der Waals surface area contributed by atoms with Crippen molar-refractivity contribution in [3.05, 3.63) is 22.2 Å². The Balaban J connectivity index is 2.42. The summed E-state index contributed by atoms with van der Waals surface area (Å²) in [5.74, 6) is -0.270. The quantitative estimate of drug-likeness (QED) is 0.341. The molecule has 0 amide bonds. The number of aromatic hydroxyl groups is 1. The van der Waals surface area contributed by atoms with Crippen LogP contribution in [-0.2, 0) is 4.74 Å². The Morgan fingerprint density at radius 3 is 2.65 bits per heavy atom. The number of morpholine rings is 1. The number of hydrogen-bond donors (Lipinski definition) is 2. The molecule has 0 aliphatic carbocycles. The van der Waals surface area contributed by atoms with Gasteiger partial charge in [0.1, 0.15) is 11.4 Å². The summed E-state index contributed by atoms with van der Waals surface area (Å²) in [6, 6.07) is 2.51. The lowest BCUT2D eigenvalue weighted by atomic mass is 10.2. The Kier molecular flexibility index (Phi) is 3.01. The zero-order chi connectivity index (χ0) is 12.4. The summed E-state index contributed by atoms with van der Waals surface area (Å²) in [4.78, 5) is 12.2. The molecule has 0 unspecified atom stereocenters. The number of nitro groups is 1. The number of nitrogens with zero attached hydrogens (tertiary/aromatic N) is 2. The predicted octanol–water partition coefficient (Wildman–Crippen LogP) is 0.719. The van der Waals surface area contributed by atoms with Gasteiger partial charge < -0.3 is 20.5 Å². The van der Waals surface area contributed by atoms with E-state index >= 15 is 0 Å². The normalized spacial score (nSPS) is 15.9. The first kappa shape index (κ1) is 11.5. The van der Waals surface area contributed by atoms with E-state index in [-0.39, 0.29) is 17.1 Å². The highest BCUT2D eigenvalue weighted by Crippen LogP contribution is 2.36. The molecule has 0 saturated carbocycles. The fourth-order valence-corrected chi connectivity index (χ4v) is 1.79. The molecule has 7 heteroatoms. The first-order chi connectivity index (χ1) is 8.09. The first-order valence-corrected chi connectivity index (χ1v) is 5.19. The lowest BCUT2D eigenvalue weighted by molar-refractivity contribution is -0.384. The molecule has 1 aromatic rings. The zero-order valence-corrected chi connectivity index (χ0v) is 9.13. The number of phenols is 1. The summed E-state index contributed by atoms with van der Waals surface area (Å²) in [5, 5.41) is 20.3. The Morgan fingerprint density at radius 1 is 1.41 bits per heavy atom. The molecule has 1 aliphatic rings. The van der Waals surface area contributed by atoms with Crippen molar-refractivity contribution in [2.45, 2.75) is 0 Å². The van der Waals surface area contributed by atoms with Crippen LogP contribution in [0.5, 0.6) is 5.75 Å². The van der Waals surface area contributed by atoms with Crippen molar-refractivity contribution < 1.29 is 14.8 Å². The largest absolute Gasteiger partial charge is 0.506 e. The molecule has 92 valence electrons. The van der Waals surface area contributed by atoms with Crippen LogP contribution < -0.4 is 10.6 Å². The van der Waals surface area contributed by atoms with Gasteiger partial charge in [-0.1, -0.05) is 0 Å². The van der Waals surface area contributed by atoms with Crippen LogP contribution in [-0.4, -0.2) is 36.3 Å². The van der Waals surface area contributed by atoms with Crippen LogP contribution in [0.15, 0.2) is 12.1 Å². The number of rotatable bonds is 2. The third-order valence-corrected chi connectivity index (χ3v) is 2.67. The third-order valence-electron chi connectivity index (χ3n) is 2.67. The molecule has 3 N–H and O–H groups in total. The molecule has 1 heterocycles. The molecule has 1 aromatic carbocycles. The first-order valence-electron chi connectivity index (χ1n) is 5.19. The molecular formula is C10H13N3O4. The number of anilines is 2. The summed E-state index contributed by atoms with van der Waals surface area (Å²) in [6.45, 7) is 2.20. The maximum Gasteiger partial charge on any atom is 0.296 e. The van der Waals surface area contributed by atoms with E-state index in [1.54, 1.807) is 0 Å². The molecule has 0 aromatic heterocycles. The average molecular weight is 239 g/mol. The summed E-state index contributed by atoms with van der Waals surface area (Å²) in [5.41, 5.74) is 5.99. The lowest BCUT2D eigenvalue weighted by Gasteiger charge is -2.28. The van der Waals surface area contributed by atoms with E-state index in [1.807, 2.05) is 4.90 Å². The molecule has 1 fully saturated rings. The Hall–Kier alpha value is -2.02. The van der Waals surface area contributed by atoms with Gasteiger partial charge in [-0.2, -0.15) is 0 Å². The van der Waals surface area contributed by atoms with Crippen LogP contribution in [0.3, 0.4) is 0 Å². The SMILES string of the molecule is Nc1cc(N2CCOCC2)c([N+](=O)[O-])cc1O. The fourth-order valence-electron chi connectivity index (χ4n) is 1.79. The molecule has 0 spiro atoms. The molecule has 7 nitrogen and oxygen atoms in total. The summed E-state index contributed by atoms with van der Waals surface area (Å²) < 4.78 is 5.18.